The largest absolute Gasteiger partial charge is 0.483 e. The average Bonchev–Trinajstić information content (AvgIpc) is 3.19. The van der Waals surface area contributed by atoms with Gasteiger partial charge in [-0.25, -0.2) is 4.39 Å². The van der Waals surface area contributed by atoms with Crippen molar-refractivity contribution in [3.05, 3.63) is 60.2 Å². The summed E-state index contributed by atoms with van der Waals surface area (Å²) in [5.41, 5.74) is 1.18. The minimum atomic E-state index is -0.465. The fourth-order valence-electron chi connectivity index (χ4n) is 3.23. The first-order valence-corrected chi connectivity index (χ1v) is 11.7. The smallest absolute Gasteiger partial charge is 0.237 e. The van der Waals surface area contributed by atoms with Crippen LogP contribution < -0.4 is 15.4 Å². The number of thioether (sulfide) groups is 1. The second-order valence-corrected chi connectivity index (χ2v) is 9.34. The Labute approximate surface area is 202 Å². The molecule has 0 bridgehead atoms. The molecule has 3 aromatic rings. The predicted molar refractivity (Wildman–Crippen MR) is 131 cm³/mol. The number of carbonyl (C=O) groups excluding carboxylic acids is 2. The summed E-state index contributed by atoms with van der Waals surface area (Å²) >= 11 is 1.29. The number of nitrogens with one attached hydrogen (secondary N) is 2. The molecule has 1 aromatic heterocycles. The molecule has 2 aromatic carbocycles. The van der Waals surface area contributed by atoms with E-state index in [1.807, 2.05) is 25.3 Å². The highest BCUT2D eigenvalue weighted by Crippen LogP contribution is 2.30. The number of ether oxygens (including phenoxy) is 1. The third kappa shape index (κ3) is 6.57. The van der Waals surface area contributed by atoms with Crippen LogP contribution in [0, 0.1) is 5.82 Å². The fraction of sp³-hybridized carbons (Fsp3) is 0.333. The molecule has 34 heavy (non-hydrogen) atoms. The van der Waals surface area contributed by atoms with Gasteiger partial charge in [0.05, 0.1) is 5.25 Å². The van der Waals surface area contributed by atoms with Crippen LogP contribution in [-0.4, -0.2) is 31.8 Å². The standard InChI is InChI=1S/C24H28FN5O3S/c1-14(2)30-22(15(3)33-21-11-9-18(25)10-12-21)28-29-24(30)34-16(4)23(32)27-20-8-6-7-19(13-20)26-17(5)31/h6-16H,1-5H3,(H,26,31)(H,27,32). The number of amides is 2. The highest BCUT2D eigenvalue weighted by Gasteiger charge is 2.25. The second kappa shape index (κ2) is 11.1. The lowest BCUT2D eigenvalue weighted by Crippen LogP contribution is -2.23. The first-order valence-electron chi connectivity index (χ1n) is 10.9. The van der Waals surface area contributed by atoms with Crippen molar-refractivity contribution < 1.29 is 18.7 Å². The minimum absolute atomic E-state index is 0.0244. The van der Waals surface area contributed by atoms with Gasteiger partial charge >= 0.3 is 0 Å². The van der Waals surface area contributed by atoms with Gasteiger partial charge in [0.2, 0.25) is 11.8 Å². The number of rotatable bonds is 9. The van der Waals surface area contributed by atoms with Gasteiger partial charge in [0.15, 0.2) is 17.1 Å². The van der Waals surface area contributed by atoms with Crippen LogP contribution in [0.25, 0.3) is 0 Å². The van der Waals surface area contributed by atoms with E-state index in [4.69, 9.17) is 4.74 Å². The molecule has 0 saturated heterocycles. The molecule has 180 valence electrons. The first-order chi connectivity index (χ1) is 16.1. The highest BCUT2D eigenvalue weighted by atomic mass is 32.2. The van der Waals surface area contributed by atoms with Crippen molar-refractivity contribution in [2.75, 3.05) is 10.6 Å². The van der Waals surface area contributed by atoms with Crippen LogP contribution in [-0.2, 0) is 9.59 Å². The number of benzene rings is 2. The van der Waals surface area contributed by atoms with Crippen LogP contribution in [0.5, 0.6) is 5.75 Å². The Hall–Kier alpha value is -3.40. The monoisotopic (exact) mass is 485 g/mol. The number of hydrogen-bond acceptors (Lipinski definition) is 6. The van der Waals surface area contributed by atoms with E-state index in [-0.39, 0.29) is 23.7 Å². The Balaban J connectivity index is 1.71. The molecule has 1 heterocycles. The summed E-state index contributed by atoms with van der Waals surface area (Å²) in [6, 6.07) is 12.8. The molecule has 2 N–H and O–H groups in total. The van der Waals surface area contributed by atoms with Gasteiger partial charge in [0, 0.05) is 24.3 Å². The van der Waals surface area contributed by atoms with Crippen LogP contribution >= 0.6 is 11.8 Å². The number of anilines is 2. The van der Waals surface area contributed by atoms with Gasteiger partial charge < -0.3 is 19.9 Å². The number of hydrogen-bond donors (Lipinski definition) is 2. The first kappa shape index (κ1) is 25.2. The summed E-state index contributed by atoms with van der Waals surface area (Å²) in [5, 5.41) is 14.3. The Morgan fingerprint density at radius 3 is 2.26 bits per heavy atom. The highest BCUT2D eigenvalue weighted by molar-refractivity contribution is 8.00. The van der Waals surface area contributed by atoms with Gasteiger partial charge in [-0.3, -0.25) is 9.59 Å². The zero-order valence-electron chi connectivity index (χ0n) is 19.7. The van der Waals surface area contributed by atoms with E-state index < -0.39 is 11.4 Å². The van der Waals surface area contributed by atoms with Crippen LogP contribution in [0.4, 0.5) is 15.8 Å². The molecular weight excluding hydrogens is 457 g/mol. The third-order valence-electron chi connectivity index (χ3n) is 4.80. The summed E-state index contributed by atoms with van der Waals surface area (Å²) in [4.78, 5) is 24.1. The number of halogens is 1. The predicted octanol–water partition coefficient (Wildman–Crippen LogP) is 5.22. The van der Waals surface area contributed by atoms with E-state index in [0.717, 1.165) is 0 Å². The Kier molecular flexibility index (Phi) is 8.27. The van der Waals surface area contributed by atoms with Crippen molar-refractivity contribution in [1.82, 2.24) is 14.8 Å². The molecular formula is C24H28FN5O3S. The number of carbonyl (C=O) groups is 2. The van der Waals surface area contributed by atoms with Gasteiger partial charge in [0.25, 0.3) is 0 Å². The molecule has 8 nitrogen and oxygen atoms in total. The molecule has 0 aliphatic rings. The number of aromatic nitrogens is 3. The van der Waals surface area contributed by atoms with Crippen LogP contribution in [0.2, 0.25) is 0 Å². The maximum Gasteiger partial charge on any atom is 0.237 e. The summed E-state index contributed by atoms with van der Waals surface area (Å²) in [6.07, 6.45) is -0.435. The summed E-state index contributed by atoms with van der Waals surface area (Å²) < 4.78 is 21.0. The van der Waals surface area contributed by atoms with Gasteiger partial charge in [-0.1, -0.05) is 17.8 Å². The molecule has 0 spiro atoms. The van der Waals surface area contributed by atoms with E-state index in [9.17, 15) is 14.0 Å². The van der Waals surface area contributed by atoms with E-state index in [1.165, 1.54) is 30.8 Å². The van der Waals surface area contributed by atoms with Crippen molar-refractivity contribution in [3.63, 3.8) is 0 Å². The molecule has 2 atom stereocenters. The molecule has 3 rings (SSSR count). The molecule has 0 aliphatic carbocycles. The maximum absolute atomic E-state index is 13.2. The van der Waals surface area contributed by atoms with Crippen LogP contribution in [0.1, 0.15) is 52.6 Å². The number of nitrogens with zero attached hydrogens (tertiary/aromatic N) is 3. The van der Waals surface area contributed by atoms with E-state index >= 15 is 0 Å². The lowest BCUT2D eigenvalue weighted by Gasteiger charge is -2.19. The molecule has 10 heteroatoms. The fourth-order valence-corrected chi connectivity index (χ4v) is 4.22. The molecule has 2 unspecified atom stereocenters. The minimum Gasteiger partial charge on any atom is -0.483 e. The Morgan fingerprint density at radius 2 is 1.65 bits per heavy atom. The van der Waals surface area contributed by atoms with Crippen molar-refractivity contribution in [3.8, 4) is 5.75 Å². The maximum atomic E-state index is 13.2. The second-order valence-electron chi connectivity index (χ2n) is 8.03. The molecule has 0 saturated carbocycles. The van der Waals surface area contributed by atoms with Crippen molar-refractivity contribution in [2.24, 2.45) is 0 Å². The van der Waals surface area contributed by atoms with Gasteiger partial charge in [-0.05, 0) is 70.2 Å². The van der Waals surface area contributed by atoms with Crippen LogP contribution in [0.3, 0.4) is 0 Å². The summed E-state index contributed by atoms with van der Waals surface area (Å²) in [5.74, 6) is 0.403. The van der Waals surface area contributed by atoms with Crippen molar-refractivity contribution >= 4 is 35.0 Å². The summed E-state index contributed by atoms with van der Waals surface area (Å²) in [6.45, 7) is 9.06. The lowest BCUT2D eigenvalue weighted by molar-refractivity contribution is -0.115. The van der Waals surface area contributed by atoms with Gasteiger partial charge in [-0.15, -0.1) is 10.2 Å². The summed E-state index contributed by atoms with van der Waals surface area (Å²) in [7, 11) is 0. The Bertz CT molecular complexity index is 1150. The van der Waals surface area contributed by atoms with E-state index in [1.54, 1.807) is 43.3 Å². The van der Waals surface area contributed by atoms with Gasteiger partial charge in [-0.2, -0.15) is 0 Å². The molecule has 0 fully saturated rings. The Morgan fingerprint density at radius 1 is 1.00 bits per heavy atom. The van der Waals surface area contributed by atoms with Crippen molar-refractivity contribution in [2.45, 2.75) is 57.2 Å². The third-order valence-corrected chi connectivity index (χ3v) is 5.86. The molecule has 2 amide bonds. The zero-order chi connectivity index (χ0) is 24.8. The van der Waals surface area contributed by atoms with Gasteiger partial charge in [0.1, 0.15) is 11.6 Å². The van der Waals surface area contributed by atoms with Crippen LogP contribution in [0.15, 0.2) is 53.7 Å². The molecule has 0 radical (unpaired) electrons. The van der Waals surface area contributed by atoms with E-state index in [0.29, 0.717) is 28.1 Å². The van der Waals surface area contributed by atoms with E-state index in [2.05, 4.69) is 20.8 Å². The quantitative estimate of drug-likeness (QED) is 0.404. The average molecular weight is 486 g/mol. The SMILES string of the molecule is CC(=O)Nc1cccc(NC(=O)C(C)Sc2nnc(C(C)Oc3ccc(F)cc3)n2C(C)C)c1. The molecule has 0 aliphatic heterocycles. The zero-order valence-corrected chi connectivity index (χ0v) is 20.5. The lowest BCUT2D eigenvalue weighted by atomic mass is 10.2. The topological polar surface area (TPSA) is 98.1 Å². The normalized spacial score (nSPS) is 12.8. The van der Waals surface area contributed by atoms with Crippen molar-refractivity contribution in [1.29, 1.82) is 0 Å².